The van der Waals surface area contributed by atoms with Gasteiger partial charge in [-0.3, -0.25) is 9.59 Å². The zero-order valence-corrected chi connectivity index (χ0v) is 16.1. The van der Waals surface area contributed by atoms with Crippen molar-refractivity contribution in [2.24, 2.45) is 5.92 Å². The minimum absolute atomic E-state index is 0.0583. The molecular formula is C18H19F2N7O3. The molecule has 1 saturated carbocycles. The lowest BCUT2D eigenvalue weighted by atomic mass is 10.1. The van der Waals surface area contributed by atoms with Crippen LogP contribution in [0.1, 0.15) is 46.7 Å². The molecule has 3 heterocycles. The second-order valence-corrected chi connectivity index (χ2v) is 7.31. The maximum absolute atomic E-state index is 13.9. The predicted molar refractivity (Wildman–Crippen MR) is 97.3 cm³/mol. The Bertz CT molecular complexity index is 1090. The Hall–Kier alpha value is -3.44. The number of imidazole rings is 1. The molecule has 4 rings (SSSR count). The quantitative estimate of drug-likeness (QED) is 0.565. The van der Waals surface area contributed by atoms with Crippen LogP contribution in [0.25, 0.3) is 5.65 Å². The van der Waals surface area contributed by atoms with Crippen LogP contribution in [0, 0.1) is 12.8 Å². The Balaban J connectivity index is 1.35. The number of aromatic nitrogens is 5. The van der Waals surface area contributed by atoms with Crippen LogP contribution in [0.15, 0.2) is 23.1 Å². The molecule has 3 aromatic heterocycles. The van der Waals surface area contributed by atoms with Gasteiger partial charge in [-0.15, -0.1) is 0 Å². The van der Waals surface area contributed by atoms with Gasteiger partial charge in [-0.2, -0.15) is 13.9 Å². The van der Waals surface area contributed by atoms with Crippen molar-refractivity contribution in [1.82, 2.24) is 35.5 Å². The van der Waals surface area contributed by atoms with Crippen molar-refractivity contribution in [3.05, 3.63) is 41.1 Å². The van der Waals surface area contributed by atoms with E-state index in [4.69, 9.17) is 0 Å². The first-order valence-corrected chi connectivity index (χ1v) is 9.38. The highest BCUT2D eigenvalue weighted by Crippen LogP contribution is 2.39. The third kappa shape index (κ3) is 4.42. The average molecular weight is 419 g/mol. The summed E-state index contributed by atoms with van der Waals surface area (Å²) in [6.07, 6.45) is 4.17. The molecule has 0 bridgehead atoms. The van der Waals surface area contributed by atoms with Crippen LogP contribution in [0.5, 0.6) is 0 Å². The number of halogens is 2. The van der Waals surface area contributed by atoms with Gasteiger partial charge in [-0.25, -0.2) is 14.1 Å². The van der Waals surface area contributed by atoms with Crippen molar-refractivity contribution in [2.75, 3.05) is 0 Å². The summed E-state index contributed by atoms with van der Waals surface area (Å²) in [6, 6.07) is 1.63. The summed E-state index contributed by atoms with van der Waals surface area (Å²) in [5, 5.41) is 16.1. The minimum Gasteiger partial charge on any atom is -0.347 e. The molecule has 0 unspecified atom stereocenters. The van der Waals surface area contributed by atoms with Gasteiger partial charge in [0.05, 0.1) is 24.6 Å². The van der Waals surface area contributed by atoms with Gasteiger partial charge >= 0.3 is 5.92 Å². The zero-order chi connectivity index (χ0) is 21.3. The van der Waals surface area contributed by atoms with Gasteiger partial charge in [0.2, 0.25) is 0 Å². The van der Waals surface area contributed by atoms with Crippen molar-refractivity contribution in [2.45, 2.75) is 45.2 Å². The summed E-state index contributed by atoms with van der Waals surface area (Å²) in [5.74, 6) is -5.15. The van der Waals surface area contributed by atoms with Crippen molar-refractivity contribution in [3.63, 3.8) is 0 Å². The smallest absolute Gasteiger partial charge is 0.324 e. The number of nitrogens with one attached hydrogen (secondary N) is 2. The van der Waals surface area contributed by atoms with Crippen LogP contribution in [-0.2, 0) is 17.9 Å². The number of carbonyl (C=O) groups is 2. The number of hydrogen-bond acceptors (Lipinski definition) is 7. The number of aryl methyl sites for hydroxylation is 1. The van der Waals surface area contributed by atoms with Gasteiger partial charge in [0, 0.05) is 13.0 Å². The summed E-state index contributed by atoms with van der Waals surface area (Å²) in [5.41, 5.74) is 1.98. The summed E-state index contributed by atoms with van der Waals surface area (Å²) in [6.45, 7) is 1.64. The fraction of sp³-hybridized carbons (Fsp3) is 0.444. The molecule has 0 radical (unpaired) electrons. The standard InChI is InChI=1S/C18H19F2N7O3/c1-10-15(26-30-25-10)16(28)21-8-13-9-27-14(24-13)4-12(7-23-27)6-22-17(29)18(19,20)5-11-2-3-11/h4,7,9,11H,2-3,5-6,8H2,1H3,(H,21,28)(H,22,29). The molecule has 2 amide bonds. The number of amides is 2. The number of fused-ring (bicyclic) bond motifs is 1. The third-order valence-corrected chi connectivity index (χ3v) is 4.75. The second-order valence-electron chi connectivity index (χ2n) is 7.31. The van der Waals surface area contributed by atoms with E-state index in [1.165, 1.54) is 10.7 Å². The molecule has 1 aliphatic rings. The van der Waals surface area contributed by atoms with Crippen LogP contribution < -0.4 is 10.6 Å². The van der Waals surface area contributed by atoms with Crippen molar-refractivity contribution < 1.29 is 23.0 Å². The van der Waals surface area contributed by atoms with Gasteiger partial charge in [0.1, 0.15) is 5.69 Å². The number of alkyl halides is 2. The van der Waals surface area contributed by atoms with Crippen molar-refractivity contribution >= 4 is 17.5 Å². The zero-order valence-electron chi connectivity index (χ0n) is 16.1. The maximum atomic E-state index is 13.9. The lowest BCUT2D eigenvalue weighted by Gasteiger charge is -2.15. The van der Waals surface area contributed by atoms with Gasteiger partial charge in [0.25, 0.3) is 11.8 Å². The predicted octanol–water partition coefficient (Wildman–Crippen LogP) is 1.40. The fourth-order valence-electron chi connectivity index (χ4n) is 2.93. The highest BCUT2D eigenvalue weighted by atomic mass is 19.3. The first kappa shape index (κ1) is 19.9. The fourth-order valence-corrected chi connectivity index (χ4v) is 2.93. The highest BCUT2D eigenvalue weighted by Gasteiger charge is 2.43. The molecule has 30 heavy (non-hydrogen) atoms. The Kier molecular flexibility index (Phi) is 5.14. The van der Waals surface area contributed by atoms with Crippen LogP contribution in [0.4, 0.5) is 8.78 Å². The van der Waals surface area contributed by atoms with E-state index >= 15 is 0 Å². The summed E-state index contributed by atoms with van der Waals surface area (Å²) in [4.78, 5) is 28.2. The van der Waals surface area contributed by atoms with Gasteiger partial charge in [-0.1, -0.05) is 5.16 Å². The molecule has 12 heteroatoms. The topological polar surface area (TPSA) is 127 Å². The molecular weight excluding hydrogens is 400 g/mol. The second kappa shape index (κ2) is 7.76. The average Bonchev–Trinajstić information content (AvgIpc) is 3.24. The molecule has 10 nitrogen and oxygen atoms in total. The minimum atomic E-state index is -3.37. The van der Waals surface area contributed by atoms with E-state index in [1.54, 1.807) is 19.2 Å². The molecule has 158 valence electrons. The normalized spacial score (nSPS) is 14.1. The molecule has 0 atom stereocenters. The molecule has 0 aliphatic heterocycles. The summed E-state index contributed by atoms with van der Waals surface area (Å²) in [7, 11) is 0. The largest absolute Gasteiger partial charge is 0.347 e. The van der Waals surface area contributed by atoms with E-state index < -0.39 is 24.2 Å². The Morgan fingerprint density at radius 1 is 1.27 bits per heavy atom. The molecule has 1 fully saturated rings. The van der Waals surface area contributed by atoms with Gasteiger partial charge in [0.15, 0.2) is 11.3 Å². The monoisotopic (exact) mass is 419 g/mol. The van der Waals surface area contributed by atoms with Crippen LogP contribution in [0.2, 0.25) is 0 Å². The molecule has 2 N–H and O–H groups in total. The van der Waals surface area contributed by atoms with E-state index in [0.717, 1.165) is 12.8 Å². The van der Waals surface area contributed by atoms with Gasteiger partial charge in [-0.05, 0) is 42.5 Å². The number of hydrogen-bond donors (Lipinski definition) is 2. The van der Waals surface area contributed by atoms with Crippen LogP contribution >= 0.6 is 0 Å². The van der Waals surface area contributed by atoms with E-state index in [-0.39, 0.29) is 24.7 Å². The lowest BCUT2D eigenvalue weighted by molar-refractivity contribution is -0.147. The van der Waals surface area contributed by atoms with Gasteiger partial charge < -0.3 is 10.6 Å². The first-order chi connectivity index (χ1) is 14.3. The SMILES string of the molecule is Cc1nonc1C(=O)NCc1cn2ncc(CNC(=O)C(F)(F)CC3CC3)cc2n1. The molecule has 3 aromatic rings. The first-order valence-electron chi connectivity index (χ1n) is 9.38. The number of carbonyl (C=O) groups excluding carboxylic acids is 2. The van der Waals surface area contributed by atoms with Crippen LogP contribution in [0.3, 0.4) is 0 Å². The molecule has 1 aliphatic carbocycles. The lowest BCUT2D eigenvalue weighted by Crippen LogP contribution is -2.40. The van der Waals surface area contributed by atoms with E-state index in [9.17, 15) is 18.4 Å². The Morgan fingerprint density at radius 3 is 2.77 bits per heavy atom. The highest BCUT2D eigenvalue weighted by molar-refractivity contribution is 5.92. The maximum Gasteiger partial charge on any atom is 0.324 e. The number of nitrogens with zero attached hydrogens (tertiary/aromatic N) is 5. The number of rotatable bonds is 8. The third-order valence-electron chi connectivity index (χ3n) is 4.75. The molecule has 0 spiro atoms. The summed E-state index contributed by atoms with van der Waals surface area (Å²) >= 11 is 0. The van der Waals surface area contributed by atoms with Crippen molar-refractivity contribution in [1.29, 1.82) is 0 Å². The van der Waals surface area contributed by atoms with E-state index in [0.29, 0.717) is 22.6 Å². The van der Waals surface area contributed by atoms with E-state index in [1.807, 2.05) is 0 Å². The Morgan fingerprint density at radius 2 is 2.07 bits per heavy atom. The van der Waals surface area contributed by atoms with E-state index in [2.05, 4.69) is 35.7 Å². The molecule has 0 saturated heterocycles. The van der Waals surface area contributed by atoms with Crippen molar-refractivity contribution in [3.8, 4) is 0 Å². The van der Waals surface area contributed by atoms with Crippen LogP contribution in [-0.4, -0.2) is 42.6 Å². The Labute approximate surface area is 169 Å². The summed E-state index contributed by atoms with van der Waals surface area (Å²) < 4.78 is 33.7. The molecule has 0 aromatic carbocycles.